The number of rotatable bonds is 4. The Morgan fingerprint density at radius 2 is 2.10 bits per heavy atom. The van der Waals surface area contributed by atoms with Crippen LogP contribution in [0.5, 0.6) is 0 Å². The molecular weight excluding hydrogens is 134 g/mol. The van der Waals surface area contributed by atoms with Crippen molar-refractivity contribution in [2.75, 3.05) is 0 Å². The standard InChI is InChI=1S/C6H9NO3/c1-5(8)3-4-6(9)10-7-2/h2-4H2,1H3. The maximum atomic E-state index is 10.4. The van der Waals surface area contributed by atoms with Crippen LogP contribution >= 0.6 is 0 Å². The first-order valence-corrected chi connectivity index (χ1v) is 2.82. The van der Waals surface area contributed by atoms with Crippen LogP contribution in [0, 0.1) is 0 Å². The minimum Gasteiger partial charge on any atom is -0.319 e. The SMILES string of the molecule is C=NOC(=O)CCC(C)=O. The Morgan fingerprint density at radius 1 is 1.50 bits per heavy atom. The number of nitrogens with zero attached hydrogens (tertiary/aromatic N) is 1. The number of oxime groups is 1. The molecule has 0 spiro atoms. The molecule has 0 radical (unpaired) electrons. The molecule has 0 aromatic rings. The van der Waals surface area contributed by atoms with Gasteiger partial charge in [-0.3, -0.25) is 0 Å². The molecule has 4 heteroatoms. The minimum atomic E-state index is -0.523. The van der Waals surface area contributed by atoms with Crippen LogP contribution in [0.4, 0.5) is 0 Å². The monoisotopic (exact) mass is 143 g/mol. The summed E-state index contributed by atoms with van der Waals surface area (Å²) in [6.07, 6.45) is 0.280. The van der Waals surface area contributed by atoms with Gasteiger partial charge in [-0.1, -0.05) is 5.16 Å². The van der Waals surface area contributed by atoms with Crippen LogP contribution in [0.25, 0.3) is 0 Å². The number of carbonyl (C=O) groups excluding carboxylic acids is 2. The van der Waals surface area contributed by atoms with Crippen molar-refractivity contribution in [3.05, 3.63) is 0 Å². The van der Waals surface area contributed by atoms with E-state index in [1.54, 1.807) is 0 Å². The van der Waals surface area contributed by atoms with Gasteiger partial charge >= 0.3 is 5.97 Å². The molecule has 0 fully saturated rings. The summed E-state index contributed by atoms with van der Waals surface area (Å²) in [5.74, 6) is -0.564. The molecule has 0 aromatic heterocycles. The summed E-state index contributed by atoms with van der Waals surface area (Å²) in [5.41, 5.74) is 0. The molecule has 56 valence electrons. The zero-order valence-corrected chi connectivity index (χ0v) is 5.79. The van der Waals surface area contributed by atoms with Crippen LogP contribution in [-0.2, 0) is 14.4 Å². The fourth-order valence-electron chi connectivity index (χ4n) is 0.396. The predicted octanol–water partition coefficient (Wildman–Crippen LogP) is 0.514. The van der Waals surface area contributed by atoms with E-state index in [9.17, 15) is 9.59 Å². The van der Waals surface area contributed by atoms with Crippen molar-refractivity contribution in [3.63, 3.8) is 0 Å². The summed E-state index contributed by atoms with van der Waals surface area (Å²) in [7, 11) is 0. The van der Waals surface area contributed by atoms with E-state index in [2.05, 4.69) is 16.7 Å². The van der Waals surface area contributed by atoms with Crippen LogP contribution < -0.4 is 0 Å². The highest BCUT2D eigenvalue weighted by atomic mass is 16.7. The second kappa shape index (κ2) is 4.67. The van der Waals surface area contributed by atoms with Crippen molar-refractivity contribution in [2.45, 2.75) is 19.8 Å². The smallest absolute Gasteiger partial charge is 0.319 e. The fraction of sp³-hybridized carbons (Fsp3) is 0.500. The highest BCUT2D eigenvalue weighted by Crippen LogP contribution is 1.92. The maximum Gasteiger partial charge on any atom is 0.335 e. The van der Waals surface area contributed by atoms with Gasteiger partial charge in [0.2, 0.25) is 0 Å². The molecule has 4 nitrogen and oxygen atoms in total. The molecule has 0 saturated heterocycles. The normalized spacial score (nSPS) is 8.50. The number of ketones is 1. The highest BCUT2D eigenvalue weighted by molar-refractivity contribution is 5.80. The zero-order valence-electron chi connectivity index (χ0n) is 5.79. The molecule has 0 aliphatic rings. The lowest BCUT2D eigenvalue weighted by Crippen LogP contribution is -2.02. The number of hydrogen-bond donors (Lipinski definition) is 0. The molecule has 0 amide bonds. The first kappa shape index (κ1) is 8.81. The van der Waals surface area contributed by atoms with Gasteiger partial charge in [0, 0.05) is 13.1 Å². The highest BCUT2D eigenvalue weighted by Gasteiger charge is 2.02. The molecule has 0 bridgehead atoms. The quantitative estimate of drug-likeness (QED) is 0.327. The molecule has 0 unspecified atom stereocenters. The summed E-state index contributed by atoms with van der Waals surface area (Å²) in [6, 6.07) is 0. The van der Waals surface area contributed by atoms with Gasteiger partial charge in [-0.05, 0) is 6.92 Å². The van der Waals surface area contributed by atoms with Gasteiger partial charge in [-0.25, -0.2) is 4.79 Å². The summed E-state index contributed by atoms with van der Waals surface area (Å²) in [5, 5.41) is 2.90. The summed E-state index contributed by atoms with van der Waals surface area (Å²) >= 11 is 0. The van der Waals surface area contributed by atoms with E-state index < -0.39 is 5.97 Å². The number of hydrogen-bond acceptors (Lipinski definition) is 4. The average Bonchev–Trinajstić information content (AvgIpc) is 1.85. The third kappa shape index (κ3) is 4.96. The average molecular weight is 143 g/mol. The molecule has 0 rings (SSSR count). The lowest BCUT2D eigenvalue weighted by molar-refractivity contribution is -0.144. The summed E-state index contributed by atoms with van der Waals surface area (Å²) in [6.45, 7) is 4.36. The van der Waals surface area contributed by atoms with Gasteiger partial charge in [-0.2, -0.15) is 0 Å². The molecule has 0 aromatic carbocycles. The van der Waals surface area contributed by atoms with Gasteiger partial charge in [0.25, 0.3) is 0 Å². The molecule has 0 saturated carbocycles. The first-order valence-electron chi connectivity index (χ1n) is 2.82. The minimum absolute atomic E-state index is 0.0407. The first-order chi connectivity index (χ1) is 4.66. The van der Waals surface area contributed by atoms with Crippen LogP contribution in [0.15, 0.2) is 5.16 Å². The van der Waals surface area contributed by atoms with Crippen molar-refractivity contribution < 1.29 is 14.4 Å². The van der Waals surface area contributed by atoms with Crippen LogP contribution in [-0.4, -0.2) is 18.5 Å². The van der Waals surface area contributed by atoms with E-state index in [0.29, 0.717) is 0 Å². The summed E-state index contributed by atoms with van der Waals surface area (Å²) < 4.78 is 0. The zero-order chi connectivity index (χ0) is 7.98. The van der Waals surface area contributed by atoms with E-state index in [1.165, 1.54) is 6.92 Å². The largest absolute Gasteiger partial charge is 0.335 e. The van der Waals surface area contributed by atoms with E-state index in [1.807, 2.05) is 0 Å². The number of Topliss-reactive ketones (excluding diaryl/α,β-unsaturated/α-hetero) is 1. The summed E-state index contributed by atoms with van der Waals surface area (Å²) in [4.78, 5) is 24.9. The molecule has 0 aliphatic carbocycles. The Hall–Kier alpha value is -1.19. The van der Waals surface area contributed by atoms with Gasteiger partial charge in [0.1, 0.15) is 5.78 Å². The topological polar surface area (TPSA) is 55.7 Å². The second-order valence-corrected chi connectivity index (χ2v) is 1.79. The molecular formula is C6H9NO3. The third-order valence-electron chi connectivity index (χ3n) is 0.848. The van der Waals surface area contributed by atoms with Crippen molar-refractivity contribution in [2.24, 2.45) is 5.16 Å². The second-order valence-electron chi connectivity index (χ2n) is 1.79. The molecule has 0 heterocycles. The molecule has 0 atom stereocenters. The van der Waals surface area contributed by atoms with Gasteiger partial charge in [-0.15, -0.1) is 0 Å². The Bertz CT molecular complexity index is 153. The van der Waals surface area contributed by atoms with E-state index in [0.717, 1.165) is 0 Å². The van der Waals surface area contributed by atoms with Crippen molar-refractivity contribution in [3.8, 4) is 0 Å². The Balaban J connectivity index is 3.39. The van der Waals surface area contributed by atoms with Gasteiger partial charge < -0.3 is 9.63 Å². The fourth-order valence-corrected chi connectivity index (χ4v) is 0.396. The maximum absolute atomic E-state index is 10.4. The Kier molecular flexibility index (Phi) is 4.11. The Morgan fingerprint density at radius 3 is 2.50 bits per heavy atom. The van der Waals surface area contributed by atoms with Crippen molar-refractivity contribution in [1.82, 2.24) is 0 Å². The van der Waals surface area contributed by atoms with Crippen LogP contribution in [0.1, 0.15) is 19.8 Å². The van der Waals surface area contributed by atoms with E-state index >= 15 is 0 Å². The molecule has 10 heavy (non-hydrogen) atoms. The van der Waals surface area contributed by atoms with E-state index in [4.69, 9.17) is 0 Å². The third-order valence-corrected chi connectivity index (χ3v) is 0.848. The molecule has 0 N–H and O–H groups in total. The van der Waals surface area contributed by atoms with Crippen molar-refractivity contribution in [1.29, 1.82) is 0 Å². The van der Waals surface area contributed by atoms with Gasteiger partial charge in [0.05, 0.1) is 6.42 Å². The molecule has 0 aliphatic heterocycles. The lowest BCUT2D eigenvalue weighted by Gasteiger charge is -1.92. The lowest BCUT2D eigenvalue weighted by atomic mass is 10.2. The van der Waals surface area contributed by atoms with Crippen LogP contribution in [0.2, 0.25) is 0 Å². The van der Waals surface area contributed by atoms with Gasteiger partial charge in [0.15, 0.2) is 0 Å². The van der Waals surface area contributed by atoms with E-state index in [-0.39, 0.29) is 18.6 Å². The predicted molar refractivity (Wildman–Crippen MR) is 35.6 cm³/mol. The number of carbonyl (C=O) groups is 2. The Labute approximate surface area is 58.8 Å². The van der Waals surface area contributed by atoms with Crippen LogP contribution in [0.3, 0.4) is 0 Å². The van der Waals surface area contributed by atoms with Crippen molar-refractivity contribution >= 4 is 18.5 Å².